The third-order valence-corrected chi connectivity index (χ3v) is 7.11. The van der Waals surface area contributed by atoms with Gasteiger partial charge >= 0.3 is 0 Å². The Balaban J connectivity index is 1.41. The fourth-order valence-corrected chi connectivity index (χ4v) is 5.36. The number of hydrogen-bond acceptors (Lipinski definition) is 3. The van der Waals surface area contributed by atoms with E-state index in [0.29, 0.717) is 0 Å². The van der Waals surface area contributed by atoms with Crippen LogP contribution in [0.25, 0.3) is 11.0 Å². The van der Waals surface area contributed by atoms with Crippen LogP contribution >= 0.6 is 0 Å². The van der Waals surface area contributed by atoms with Gasteiger partial charge in [-0.05, 0) is 56.4 Å². The standard InChI is InChI=1S/C27H32N4O2/c1-19(28-27(33)21-11-3-2-4-12-21)26-29-22-14-6-8-16-24(22)31(26)18-25(32)30-17-9-13-20-10-5-7-15-23(20)30/h5-8,10,14-16,19,21H,2-4,9,11-13,17-18H2,1H3,(H,28,33). The van der Waals surface area contributed by atoms with Crippen LogP contribution in [0.3, 0.4) is 0 Å². The molecule has 1 unspecified atom stereocenters. The molecule has 0 spiro atoms. The molecule has 2 amide bonds. The van der Waals surface area contributed by atoms with Gasteiger partial charge < -0.3 is 14.8 Å². The minimum absolute atomic E-state index is 0.0531. The lowest BCUT2D eigenvalue weighted by Crippen LogP contribution is -2.39. The summed E-state index contributed by atoms with van der Waals surface area (Å²) in [6.45, 7) is 2.90. The molecule has 6 nitrogen and oxygen atoms in total. The molecule has 6 heteroatoms. The highest BCUT2D eigenvalue weighted by Gasteiger charge is 2.27. The van der Waals surface area contributed by atoms with Crippen molar-refractivity contribution in [3.63, 3.8) is 0 Å². The molecule has 2 aromatic carbocycles. The van der Waals surface area contributed by atoms with E-state index in [1.165, 1.54) is 12.0 Å². The van der Waals surface area contributed by atoms with E-state index in [1.54, 1.807) is 0 Å². The van der Waals surface area contributed by atoms with Crippen LogP contribution in [0.15, 0.2) is 48.5 Å². The molecule has 0 bridgehead atoms. The van der Waals surface area contributed by atoms with E-state index >= 15 is 0 Å². The highest BCUT2D eigenvalue weighted by molar-refractivity contribution is 5.95. The van der Waals surface area contributed by atoms with Gasteiger partial charge in [-0.2, -0.15) is 0 Å². The second-order valence-corrected chi connectivity index (χ2v) is 9.39. The van der Waals surface area contributed by atoms with Crippen molar-refractivity contribution in [2.45, 2.75) is 64.5 Å². The van der Waals surface area contributed by atoms with Gasteiger partial charge in [-0.1, -0.05) is 49.6 Å². The van der Waals surface area contributed by atoms with E-state index in [4.69, 9.17) is 4.98 Å². The average molecular weight is 445 g/mol. The number of hydrogen-bond donors (Lipinski definition) is 1. The molecule has 1 atom stereocenters. The summed E-state index contributed by atoms with van der Waals surface area (Å²) in [6, 6.07) is 15.8. The SMILES string of the molecule is CC(NC(=O)C1CCCCC1)c1nc2ccccc2n1CC(=O)N1CCCc2ccccc21. The maximum absolute atomic E-state index is 13.5. The highest BCUT2D eigenvalue weighted by atomic mass is 16.2. The molecular formula is C27H32N4O2. The van der Waals surface area contributed by atoms with Crippen LogP contribution in [0.1, 0.15) is 62.9 Å². The van der Waals surface area contributed by atoms with E-state index < -0.39 is 0 Å². The predicted octanol–water partition coefficient (Wildman–Crippen LogP) is 4.77. The summed E-state index contributed by atoms with van der Waals surface area (Å²) in [6.07, 6.45) is 7.35. The molecule has 1 aliphatic heterocycles. The maximum Gasteiger partial charge on any atom is 0.246 e. The van der Waals surface area contributed by atoms with Gasteiger partial charge in [0, 0.05) is 18.2 Å². The van der Waals surface area contributed by atoms with Crippen molar-refractivity contribution in [3.05, 3.63) is 59.9 Å². The minimum Gasteiger partial charge on any atom is -0.346 e. The third kappa shape index (κ3) is 4.39. The number of rotatable bonds is 5. The van der Waals surface area contributed by atoms with Gasteiger partial charge in [-0.3, -0.25) is 9.59 Å². The van der Waals surface area contributed by atoms with E-state index in [1.807, 2.05) is 58.9 Å². The zero-order valence-corrected chi connectivity index (χ0v) is 19.3. The molecule has 0 radical (unpaired) electrons. The second-order valence-electron chi connectivity index (χ2n) is 9.39. The Bertz CT molecular complexity index is 1160. The van der Waals surface area contributed by atoms with Crippen molar-refractivity contribution in [3.8, 4) is 0 Å². The van der Waals surface area contributed by atoms with Crippen molar-refractivity contribution in [2.75, 3.05) is 11.4 Å². The van der Waals surface area contributed by atoms with Gasteiger partial charge in [0.1, 0.15) is 12.4 Å². The van der Waals surface area contributed by atoms with Crippen molar-refractivity contribution in [1.82, 2.24) is 14.9 Å². The quantitative estimate of drug-likeness (QED) is 0.616. The summed E-state index contributed by atoms with van der Waals surface area (Å²) in [4.78, 5) is 33.1. The lowest BCUT2D eigenvalue weighted by atomic mass is 9.88. The van der Waals surface area contributed by atoms with Gasteiger partial charge in [0.25, 0.3) is 0 Å². The number of amides is 2. The minimum atomic E-state index is -0.270. The van der Waals surface area contributed by atoms with Gasteiger partial charge in [0.2, 0.25) is 11.8 Å². The molecule has 3 aromatic rings. The number of imidazole rings is 1. The molecule has 0 saturated heterocycles. The molecule has 2 heterocycles. The lowest BCUT2D eigenvalue weighted by molar-refractivity contribution is -0.126. The van der Waals surface area contributed by atoms with Crippen LogP contribution in [0, 0.1) is 5.92 Å². The summed E-state index contributed by atoms with van der Waals surface area (Å²) in [5.41, 5.74) is 4.00. The van der Waals surface area contributed by atoms with Crippen LogP contribution in [0.4, 0.5) is 5.69 Å². The first-order valence-corrected chi connectivity index (χ1v) is 12.3. The van der Waals surface area contributed by atoms with Crippen LogP contribution in [-0.2, 0) is 22.6 Å². The largest absolute Gasteiger partial charge is 0.346 e. The van der Waals surface area contributed by atoms with E-state index in [0.717, 1.165) is 67.6 Å². The molecule has 1 aliphatic carbocycles. The Hall–Kier alpha value is -3.15. The first-order chi connectivity index (χ1) is 16.1. The number of aryl methyl sites for hydroxylation is 1. The van der Waals surface area contributed by atoms with E-state index in [9.17, 15) is 9.59 Å². The lowest BCUT2D eigenvalue weighted by Gasteiger charge is -2.30. The number of para-hydroxylation sites is 3. The van der Waals surface area contributed by atoms with E-state index in [-0.39, 0.29) is 30.3 Å². The van der Waals surface area contributed by atoms with Crippen LogP contribution in [0.2, 0.25) is 0 Å². The van der Waals surface area contributed by atoms with Gasteiger partial charge in [-0.15, -0.1) is 0 Å². The molecule has 1 fully saturated rings. The summed E-state index contributed by atoms with van der Waals surface area (Å²) in [7, 11) is 0. The van der Waals surface area contributed by atoms with Crippen molar-refractivity contribution < 1.29 is 9.59 Å². The van der Waals surface area contributed by atoms with Crippen molar-refractivity contribution in [1.29, 1.82) is 0 Å². The summed E-state index contributed by atoms with van der Waals surface area (Å²) in [5, 5.41) is 3.19. The highest BCUT2D eigenvalue weighted by Crippen LogP contribution is 2.29. The number of aromatic nitrogens is 2. The van der Waals surface area contributed by atoms with Crippen LogP contribution < -0.4 is 10.2 Å². The molecule has 1 N–H and O–H groups in total. The van der Waals surface area contributed by atoms with E-state index in [2.05, 4.69) is 11.4 Å². The Labute approximate surface area is 195 Å². The number of carbonyl (C=O) groups is 2. The predicted molar refractivity (Wildman–Crippen MR) is 130 cm³/mol. The Morgan fingerprint density at radius 3 is 2.64 bits per heavy atom. The number of fused-ring (bicyclic) bond motifs is 2. The number of nitrogens with one attached hydrogen (secondary N) is 1. The summed E-state index contributed by atoms with van der Waals surface area (Å²) >= 11 is 0. The van der Waals surface area contributed by atoms with Gasteiger partial charge in [-0.25, -0.2) is 4.98 Å². The molecule has 2 aliphatic rings. The molecule has 1 aromatic heterocycles. The number of benzene rings is 2. The Kier molecular flexibility index (Phi) is 6.16. The average Bonchev–Trinajstić information content (AvgIpc) is 3.22. The smallest absolute Gasteiger partial charge is 0.246 e. The molecule has 172 valence electrons. The zero-order chi connectivity index (χ0) is 22.8. The molecule has 1 saturated carbocycles. The van der Waals surface area contributed by atoms with Crippen molar-refractivity contribution in [2.24, 2.45) is 5.92 Å². The normalized spacial score (nSPS) is 17.5. The monoisotopic (exact) mass is 444 g/mol. The fraction of sp³-hybridized carbons (Fsp3) is 0.444. The number of nitrogens with zero attached hydrogens (tertiary/aromatic N) is 3. The van der Waals surface area contributed by atoms with Crippen LogP contribution in [-0.4, -0.2) is 27.9 Å². The Morgan fingerprint density at radius 2 is 1.79 bits per heavy atom. The van der Waals surface area contributed by atoms with Crippen molar-refractivity contribution >= 4 is 28.5 Å². The van der Waals surface area contributed by atoms with Gasteiger partial charge in [0.05, 0.1) is 17.1 Å². The maximum atomic E-state index is 13.5. The summed E-state index contributed by atoms with van der Waals surface area (Å²) in [5.74, 6) is 0.985. The van der Waals surface area contributed by atoms with Crippen LogP contribution in [0.5, 0.6) is 0 Å². The number of carbonyl (C=O) groups excluding carboxylic acids is 2. The third-order valence-electron chi connectivity index (χ3n) is 7.11. The zero-order valence-electron chi connectivity index (χ0n) is 19.3. The summed E-state index contributed by atoms with van der Waals surface area (Å²) < 4.78 is 1.99. The Morgan fingerprint density at radius 1 is 1.03 bits per heavy atom. The topological polar surface area (TPSA) is 67.2 Å². The second kappa shape index (κ2) is 9.38. The first kappa shape index (κ1) is 21.7. The fourth-order valence-electron chi connectivity index (χ4n) is 5.36. The molecule has 33 heavy (non-hydrogen) atoms. The number of anilines is 1. The first-order valence-electron chi connectivity index (χ1n) is 12.3. The van der Waals surface area contributed by atoms with Gasteiger partial charge in [0.15, 0.2) is 0 Å². The molecular weight excluding hydrogens is 412 g/mol. The molecule has 5 rings (SSSR count).